The second-order valence-corrected chi connectivity index (χ2v) is 4.26. The fourth-order valence-corrected chi connectivity index (χ4v) is 2.11. The summed E-state index contributed by atoms with van der Waals surface area (Å²) in [6.45, 7) is 1.74. The lowest BCUT2D eigenvalue weighted by Gasteiger charge is -2.08. The third kappa shape index (κ3) is 2.21. The number of rotatable bonds is 3. The van der Waals surface area contributed by atoms with Crippen LogP contribution >= 0.6 is 12.2 Å². The van der Waals surface area contributed by atoms with E-state index in [1.165, 1.54) is 18.2 Å². The molecule has 20 heavy (non-hydrogen) atoms. The normalized spacial score (nSPS) is 10.4. The maximum Gasteiger partial charge on any atom is 0.344 e. The second kappa shape index (κ2) is 5.25. The van der Waals surface area contributed by atoms with Gasteiger partial charge in [-0.25, -0.2) is 4.79 Å². The molecule has 0 saturated heterocycles. The van der Waals surface area contributed by atoms with E-state index in [2.05, 4.69) is 4.98 Å². The van der Waals surface area contributed by atoms with Crippen molar-refractivity contribution in [3.63, 3.8) is 0 Å². The molecule has 2 aromatic rings. The van der Waals surface area contributed by atoms with Gasteiger partial charge in [-0.3, -0.25) is 10.1 Å². The molecule has 0 unspecified atom stereocenters. The number of para-hydroxylation sites is 1. The number of nitro benzene ring substituents is 1. The minimum atomic E-state index is -0.778. The fraction of sp³-hybridized carbons (Fsp3) is 0.167. The number of hydrogen-bond donors (Lipinski definition) is 2. The van der Waals surface area contributed by atoms with E-state index >= 15 is 0 Å². The van der Waals surface area contributed by atoms with Crippen molar-refractivity contribution in [3.05, 3.63) is 38.5 Å². The van der Waals surface area contributed by atoms with E-state index in [-0.39, 0.29) is 33.4 Å². The van der Waals surface area contributed by atoms with Crippen molar-refractivity contribution >= 4 is 34.8 Å². The predicted octanol–water partition coefficient (Wildman–Crippen LogP) is 2.69. The van der Waals surface area contributed by atoms with E-state index in [9.17, 15) is 20.0 Å². The Labute approximate surface area is 118 Å². The van der Waals surface area contributed by atoms with Gasteiger partial charge in [0.1, 0.15) is 21.5 Å². The Kier molecular flexibility index (Phi) is 3.66. The molecular formula is C12H10N2O5S. The molecule has 8 heteroatoms. The number of aromatic hydroxyl groups is 1. The topological polar surface area (TPSA) is 105 Å². The first-order valence-electron chi connectivity index (χ1n) is 5.66. The fourth-order valence-electron chi connectivity index (χ4n) is 1.83. The van der Waals surface area contributed by atoms with Crippen LogP contribution in [-0.2, 0) is 4.74 Å². The molecule has 1 aromatic heterocycles. The van der Waals surface area contributed by atoms with Crippen LogP contribution in [-0.4, -0.2) is 27.6 Å². The van der Waals surface area contributed by atoms with E-state index in [0.29, 0.717) is 0 Å². The van der Waals surface area contributed by atoms with Crippen LogP contribution in [0.3, 0.4) is 0 Å². The molecule has 0 fully saturated rings. The van der Waals surface area contributed by atoms with Gasteiger partial charge in [-0.15, -0.1) is 0 Å². The standard InChI is InChI=1S/C12H10N2O5S/c1-2-19-12(16)8-10(15)6-4-3-5-7(14(17)18)9(6)13-11(8)20/h3-5H,2H2,1H3,(H2,13,15,20). The average molecular weight is 294 g/mol. The van der Waals surface area contributed by atoms with E-state index in [0.717, 1.165) is 0 Å². The maximum absolute atomic E-state index is 11.7. The number of esters is 1. The van der Waals surface area contributed by atoms with Crippen LogP contribution in [0.15, 0.2) is 18.2 Å². The predicted molar refractivity (Wildman–Crippen MR) is 73.4 cm³/mol. The Hall–Kier alpha value is -2.48. The van der Waals surface area contributed by atoms with Crippen LogP contribution in [0.1, 0.15) is 17.3 Å². The first-order valence-corrected chi connectivity index (χ1v) is 6.07. The summed E-state index contributed by atoms with van der Waals surface area (Å²) in [6, 6.07) is 4.13. The number of H-pyrrole nitrogens is 1. The molecule has 7 nitrogen and oxygen atoms in total. The monoisotopic (exact) mass is 294 g/mol. The Morgan fingerprint density at radius 3 is 2.85 bits per heavy atom. The second-order valence-electron chi connectivity index (χ2n) is 3.86. The number of hydrogen-bond acceptors (Lipinski definition) is 6. The van der Waals surface area contributed by atoms with Crippen molar-refractivity contribution in [1.82, 2.24) is 4.98 Å². The Balaban J connectivity index is 2.81. The Morgan fingerprint density at radius 2 is 2.25 bits per heavy atom. The number of nitrogens with one attached hydrogen (secondary N) is 1. The molecule has 2 N–H and O–H groups in total. The summed E-state index contributed by atoms with van der Waals surface area (Å²) in [6.07, 6.45) is 0. The number of nitrogens with zero attached hydrogens (tertiary/aromatic N) is 1. The highest BCUT2D eigenvalue weighted by molar-refractivity contribution is 7.71. The number of aromatic nitrogens is 1. The van der Waals surface area contributed by atoms with Crippen LogP contribution in [0.5, 0.6) is 5.75 Å². The van der Waals surface area contributed by atoms with Crippen molar-refractivity contribution in [2.75, 3.05) is 6.61 Å². The van der Waals surface area contributed by atoms with E-state index in [1.54, 1.807) is 6.92 Å². The molecule has 104 valence electrons. The molecule has 0 saturated carbocycles. The van der Waals surface area contributed by atoms with Crippen LogP contribution in [0.25, 0.3) is 10.9 Å². The molecule has 0 amide bonds. The number of carbonyl (C=O) groups is 1. The zero-order chi connectivity index (χ0) is 14.9. The molecule has 0 spiro atoms. The highest BCUT2D eigenvalue weighted by atomic mass is 32.1. The lowest BCUT2D eigenvalue weighted by Crippen LogP contribution is -2.07. The van der Waals surface area contributed by atoms with Gasteiger partial charge in [0.05, 0.1) is 11.5 Å². The van der Waals surface area contributed by atoms with Gasteiger partial charge in [-0.2, -0.15) is 0 Å². The van der Waals surface area contributed by atoms with Gasteiger partial charge in [-0.05, 0) is 13.0 Å². The molecule has 0 aliphatic rings. The number of nitro groups is 1. The third-order valence-corrected chi connectivity index (χ3v) is 2.98. The first kappa shape index (κ1) is 13.9. The molecule has 2 rings (SSSR count). The number of aromatic amines is 1. The minimum Gasteiger partial charge on any atom is -0.506 e. The van der Waals surface area contributed by atoms with E-state index < -0.39 is 16.6 Å². The summed E-state index contributed by atoms with van der Waals surface area (Å²) in [4.78, 5) is 24.7. The van der Waals surface area contributed by atoms with Gasteiger partial charge in [0.15, 0.2) is 0 Å². The van der Waals surface area contributed by atoms with Crippen LogP contribution in [0.2, 0.25) is 0 Å². The average Bonchev–Trinajstić information content (AvgIpc) is 2.38. The van der Waals surface area contributed by atoms with Gasteiger partial charge >= 0.3 is 5.97 Å². The summed E-state index contributed by atoms with van der Waals surface area (Å²) >= 11 is 4.96. The van der Waals surface area contributed by atoms with Crippen molar-refractivity contribution in [2.24, 2.45) is 0 Å². The van der Waals surface area contributed by atoms with Gasteiger partial charge in [0.2, 0.25) is 0 Å². The van der Waals surface area contributed by atoms with Gasteiger partial charge in [0, 0.05) is 11.5 Å². The number of benzene rings is 1. The third-order valence-electron chi connectivity index (χ3n) is 2.68. The summed E-state index contributed by atoms with van der Waals surface area (Å²) in [5, 5.41) is 21.2. The summed E-state index contributed by atoms with van der Waals surface area (Å²) in [7, 11) is 0. The Bertz CT molecular complexity index is 768. The molecule has 0 aliphatic heterocycles. The quantitative estimate of drug-likeness (QED) is 0.390. The van der Waals surface area contributed by atoms with Crippen molar-refractivity contribution < 1.29 is 19.6 Å². The number of carbonyl (C=O) groups excluding carboxylic acids is 1. The van der Waals surface area contributed by atoms with Gasteiger partial charge in [-0.1, -0.05) is 18.3 Å². The molecule has 1 aromatic carbocycles. The Morgan fingerprint density at radius 1 is 1.55 bits per heavy atom. The molecule has 0 radical (unpaired) electrons. The van der Waals surface area contributed by atoms with Gasteiger partial charge < -0.3 is 14.8 Å². The maximum atomic E-state index is 11.7. The molecule has 0 aliphatic carbocycles. The largest absolute Gasteiger partial charge is 0.506 e. The summed E-state index contributed by atoms with van der Waals surface area (Å²) < 4.78 is 4.69. The summed E-state index contributed by atoms with van der Waals surface area (Å²) in [5.41, 5.74) is -0.373. The zero-order valence-corrected chi connectivity index (χ0v) is 11.2. The smallest absolute Gasteiger partial charge is 0.344 e. The van der Waals surface area contributed by atoms with Crippen molar-refractivity contribution in [1.29, 1.82) is 0 Å². The first-order chi connectivity index (χ1) is 9.47. The van der Waals surface area contributed by atoms with Crippen molar-refractivity contribution in [3.8, 4) is 5.75 Å². The van der Waals surface area contributed by atoms with Crippen molar-refractivity contribution in [2.45, 2.75) is 6.92 Å². The van der Waals surface area contributed by atoms with E-state index in [4.69, 9.17) is 17.0 Å². The summed E-state index contributed by atoms with van der Waals surface area (Å²) in [5.74, 6) is -1.20. The van der Waals surface area contributed by atoms with Crippen LogP contribution in [0.4, 0.5) is 5.69 Å². The highest BCUT2D eigenvalue weighted by Crippen LogP contribution is 2.33. The number of ether oxygens (including phenoxy) is 1. The van der Waals surface area contributed by atoms with E-state index in [1.807, 2.05) is 0 Å². The number of pyridine rings is 1. The highest BCUT2D eigenvalue weighted by Gasteiger charge is 2.21. The zero-order valence-electron chi connectivity index (χ0n) is 10.4. The number of non-ortho nitro benzene ring substituents is 1. The number of fused-ring (bicyclic) bond motifs is 1. The molecule has 0 bridgehead atoms. The van der Waals surface area contributed by atoms with Crippen LogP contribution in [0, 0.1) is 14.8 Å². The SMILES string of the molecule is CCOC(=O)c1c(O)c2cccc([N+](=O)[O-])c2[nH]c1=S. The molecular weight excluding hydrogens is 284 g/mol. The molecule has 0 atom stereocenters. The molecule has 1 heterocycles. The van der Waals surface area contributed by atoms with Crippen LogP contribution < -0.4 is 0 Å². The lowest BCUT2D eigenvalue weighted by molar-refractivity contribution is -0.383. The lowest BCUT2D eigenvalue weighted by atomic mass is 10.1. The van der Waals surface area contributed by atoms with Gasteiger partial charge in [0.25, 0.3) is 5.69 Å². The minimum absolute atomic E-state index is 0.0630.